The summed E-state index contributed by atoms with van der Waals surface area (Å²) in [6.45, 7) is 4.88. The van der Waals surface area contributed by atoms with E-state index in [1.165, 1.54) is 31.2 Å². The fraction of sp³-hybridized carbons (Fsp3) is 0.667. The van der Waals surface area contributed by atoms with E-state index < -0.39 is 0 Å². The SMILES string of the molecule is CCCNCc1cccc(Cl)c1OCC1CC2CCC1C2. The third kappa shape index (κ3) is 3.54. The number of hydrogen-bond donors (Lipinski definition) is 1. The van der Waals surface area contributed by atoms with Gasteiger partial charge in [0.25, 0.3) is 0 Å². The molecule has 0 heterocycles. The molecule has 1 aromatic rings. The zero-order chi connectivity index (χ0) is 14.7. The third-order valence-electron chi connectivity index (χ3n) is 5.12. The van der Waals surface area contributed by atoms with Gasteiger partial charge in [0.1, 0.15) is 5.75 Å². The van der Waals surface area contributed by atoms with E-state index in [2.05, 4.69) is 18.3 Å². The minimum Gasteiger partial charge on any atom is -0.491 e. The first-order valence-corrected chi connectivity index (χ1v) is 8.76. The molecule has 2 saturated carbocycles. The Morgan fingerprint density at radius 1 is 1.29 bits per heavy atom. The van der Waals surface area contributed by atoms with Gasteiger partial charge in [-0.05, 0) is 56.0 Å². The Balaban J connectivity index is 1.61. The predicted octanol–water partition coefficient (Wildman–Crippen LogP) is 4.65. The van der Waals surface area contributed by atoms with E-state index in [-0.39, 0.29) is 0 Å². The summed E-state index contributed by atoms with van der Waals surface area (Å²) in [5.74, 6) is 3.52. The number of halogens is 1. The van der Waals surface area contributed by atoms with Crippen LogP contribution in [-0.4, -0.2) is 13.2 Å². The van der Waals surface area contributed by atoms with Crippen LogP contribution in [0.4, 0.5) is 0 Å². The Morgan fingerprint density at radius 2 is 2.19 bits per heavy atom. The van der Waals surface area contributed by atoms with E-state index in [4.69, 9.17) is 16.3 Å². The number of hydrogen-bond acceptors (Lipinski definition) is 2. The van der Waals surface area contributed by atoms with Crippen LogP contribution >= 0.6 is 11.6 Å². The van der Waals surface area contributed by atoms with Crippen molar-refractivity contribution in [2.24, 2.45) is 17.8 Å². The van der Waals surface area contributed by atoms with Crippen LogP contribution in [0.25, 0.3) is 0 Å². The molecule has 0 aromatic heterocycles. The van der Waals surface area contributed by atoms with E-state index in [1.807, 2.05) is 12.1 Å². The summed E-state index contributed by atoms with van der Waals surface area (Å²) in [4.78, 5) is 0. The number of nitrogens with one attached hydrogen (secondary N) is 1. The molecule has 3 atom stereocenters. The highest BCUT2D eigenvalue weighted by atomic mass is 35.5. The van der Waals surface area contributed by atoms with Gasteiger partial charge < -0.3 is 10.1 Å². The predicted molar refractivity (Wildman–Crippen MR) is 87.9 cm³/mol. The Hall–Kier alpha value is -0.730. The molecule has 3 unspecified atom stereocenters. The van der Waals surface area contributed by atoms with Crippen LogP contribution in [0.5, 0.6) is 5.75 Å². The van der Waals surface area contributed by atoms with Crippen LogP contribution in [-0.2, 0) is 6.54 Å². The van der Waals surface area contributed by atoms with Crippen molar-refractivity contribution in [3.05, 3.63) is 28.8 Å². The highest BCUT2D eigenvalue weighted by Gasteiger charge is 2.39. The second-order valence-electron chi connectivity index (χ2n) is 6.65. The number of fused-ring (bicyclic) bond motifs is 2. The number of rotatable bonds is 7. The normalized spacial score (nSPS) is 27.2. The molecule has 0 aliphatic heterocycles. The maximum Gasteiger partial charge on any atom is 0.142 e. The first kappa shape index (κ1) is 15.2. The van der Waals surface area contributed by atoms with Crippen molar-refractivity contribution >= 4 is 11.6 Å². The lowest BCUT2D eigenvalue weighted by Gasteiger charge is -2.23. The third-order valence-corrected chi connectivity index (χ3v) is 5.41. The second-order valence-corrected chi connectivity index (χ2v) is 7.06. The summed E-state index contributed by atoms with van der Waals surface area (Å²) in [5.41, 5.74) is 1.18. The molecule has 0 spiro atoms. The largest absolute Gasteiger partial charge is 0.491 e. The fourth-order valence-corrected chi connectivity index (χ4v) is 4.27. The lowest BCUT2D eigenvalue weighted by molar-refractivity contribution is 0.194. The number of para-hydroxylation sites is 1. The fourth-order valence-electron chi connectivity index (χ4n) is 4.03. The molecular formula is C18H26ClNO. The first-order chi connectivity index (χ1) is 10.3. The lowest BCUT2D eigenvalue weighted by Crippen LogP contribution is -2.20. The summed E-state index contributed by atoms with van der Waals surface area (Å²) >= 11 is 6.35. The van der Waals surface area contributed by atoms with Crippen molar-refractivity contribution in [1.82, 2.24) is 5.32 Å². The van der Waals surface area contributed by atoms with E-state index in [1.54, 1.807) is 0 Å². The van der Waals surface area contributed by atoms with Gasteiger partial charge in [0.2, 0.25) is 0 Å². The van der Waals surface area contributed by atoms with Gasteiger partial charge in [-0.25, -0.2) is 0 Å². The topological polar surface area (TPSA) is 21.3 Å². The second kappa shape index (κ2) is 7.02. The summed E-state index contributed by atoms with van der Waals surface area (Å²) in [7, 11) is 0. The molecule has 3 rings (SSSR count). The van der Waals surface area contributed by atoms with E-state index in [0.29, 0.717) is 0 Å². The van der Waals surface area contributed by atoms with Crippen molar-refractivity contribution in [3.63, 3.8) is 0 Å². The lowest BCUT2D eigenvalue weighted by atomic mass is 9.89. The van der Waals surface area contributed by atoms with Gasteiger partial charge in [-0.3, -0.25) is 0 Å². The van der Waals surface area contributed by atoms with Gasteiger partial charge >= 0.3 is 0 Å². The van der Waals surface area contributed by atoms with Crippen LogP contribution in [0.3, 0.4) is 0 Å². The standard InChI is InChI=1S/C18H26ClNO/c1-2-8-20-11-15-4-3-5-17(19)18(15)21-12-16-10-13-6-7-14(16)9-13/h3-5,13-14,16,20H,2,6-12H2,1H3. The summed E-state index contributed by atoms with van der Waals surface area (Å²) in [5, 5.41) is 4.18. The molecule has 2 fully saturated rings. The highest BCUT2D eigenvalue weighted by molar-refractivity contribution is 6.32. The molecule has 0 radical (unpaired) electrons. The smallest absolute Gasteiger partial charge is 0.142 e. The average Bonchev–Trinajstić information content (AvgIpc) is 3.09. The zero-order valence-electron chi connectivity index (χ0n) is 12.9. The van der Waals surface area contributed by atoms with Crippen molar-refractivity contribution in [2.45, 2.75) is 45.6 Å². The van der Waals surface area contributed by atoms with Gasteiger partial charge in [0.15, 0.2) is 0 Å². The maximum absolute atomic E-state index is 6.35. The monoisotopic (exact) mass is 307 g/mol. The highest BCUT2D eigenvalue weighted by Crippen LogP contribution is 2.48. The van der Waals surface area contributed by atoms with Gasteiger partial charge in [0.05, 0.1) is 11.6 Å². The Labute approximate surface area is 133 Å². The first-order valence-electron chi connectivity index (χ1n) is 8.38. The molecule has 2 nitrogen and oxygen atoms in total. The van der Waals surface area contributed by atoms with E-state index in [9.17, 15) is 0 Å². The van der Waals surface area contributed by atoms with E-state index in [0.717, 1.165) is 54.6 Å². The summed E-state index contributed by atoms with van der Waals surface area (Å²) in [6.07, 6.45) is 6.79. The van der Waals surface area contributed by atoms with Gasteiger partial charge in [-0.2, -0.15) is 0 Å². The van der Waals surface area contributed by atoms with Crippen LogP contribution in [0.1, 0.15) is 44.6 Å². The number of benzene rings is 1. The summed E-state index contributed by atoms with van der Waals surface area (Å²) < 4.78 is 6.16. The molecule has 1 aromatic carbocycles. The quantitative estimate of drug-likeness (QED) is 0.740. The Bertz CT molecular complexity index is 476. The zero-order valence-corrected chi connectivity index (χ0v) is 13.7. The Morgan fingerprint density at radius 3 is 2.90 bits per heavy atom. The van der Waals surface area contributed by atoms with Crippen molar-refractivity contribution < 1.29 is 4.74 Å². The molecular weight excluding hydrogens is 282 g/mol. The molecule has 1 N–H and O–H groups in total. The maximum atomic E-state index is 6.35. The van der Waals surface area contributed by atoms with E-state index >= 15 is 0 Å². The van der Waals surface area contributed by atoms with Crippen LogP contribution in [0.2, 0.25) is 5.02 Å². The molecule has 0 saturated heterocycles. The molecule has 2 bridgehead atoms. The molecule has 3 heteroatoms. The number of ether oxygens (including phenoxy) is 1. The van der Waals surface area contributed by atoms with Gasteiger partial charge in [0, 0.05) is 12.1 Å². The summed E-state index contributed by atoms with van der Waals surface area (Å²) in [6, 6.07) is 6.06. The Kier molecular flexibility index (Phi) is 5.07. The van der Waals surface area contributed by atoms with Crippen molar-refractivity contribution in [3.8, 4) is 5.75 Å². The minimum atomic E-state index is 0.744. The average molecular weight is 308 g/mol. The molecule has 2 aliphatic rings. The molecule has 0 amide bonds. The minimum absolute atomic E-state index is 0.744. The van der Waals surface area contributed by atoms with Crippen molar-refractivity contribution in [2.75, 3.05) is 13.2 Å². The molecule has 21 heavy (non-hydrogen) atoms. The van der Waals surface area contributed by atoms with Gasteiger partial charge in [-0.15, -0.1) is 0 Å². The van der Waals surface area contributed by atoms with Gasteiger partial charge in [-0.1, -0.05) is 37.1 Å². The van der Waals surface area contributed by atoms with Crippen molar-refractivity contribution in [1.29, 1.82) is 0 Å². The van der Waals surface area contributed by atoms with Crippen LogP contribution < -0.4 is 10.1 Å². The van der Waals surface area contributed by atoms with Crippen LogP contribution in [0, 0.1) is 17.8 Å². The van der Waals surface area contributed by atoms with Crippen LogP contribution in [0.15, 0.2) is 18.2 Å². The molecule has 116 valence electrons. The molecule has 2 aliphatic carbocycles.